The number of hydrogen-bond donors (Lipinski definition) is 1. The number of hydrogen-bond acceptors (Lipinski definition) is 3. The first kappa shape index (κ1) is 10.5. The molecule has 4 nitrogen and oxygen atoms in total. The molecular formula is C8H14ClN3O. The molecule has 1 aromatic rings. The Morgan fingerprint density at radius 2 is 2.08 bits per heavy atom. The molecule has 0 aliphatic rings. The van der Waals surface area contributed by atoms with Crippen molar-refractivity contribution in [3.8, 4) is 0 Å². The zero-order chi connectivity index (χ0) is 9.90. The average molecular weight is 204 g/mol. The maximum atomic E-state index is 5.63. The van der Waals surface area contributed by atoms with Crippen LogP contribution in [0.25, 0.3) is 0 Å². The van der Waals surface area contributed by atoms with Crippen LogP contribution in [0.15, 0.2) is 0 Å². The lowest BCUT2D eigenvalue weighted by atomic mass is 9.96. The fourth-order valence-corrected chi connectivity index (χ4v) is 1.54. The van der Waals surface area contributed by atoms with E-state index in [1.165, 1.54) is 0 Å². The molecule has 1 rings (SSSR count). The Morgan fingerprint density at radius 3 is 2.38 bits per heavy atom. The molecule has 0 aliphatic carbocycles. The van der Waals surface area contributed by atoms with Crippen molar-refractivity contribution in [2.45, 2.75) is 32.3 Å². The zero-order valence-electron chi connectivity index (χ0n) is 8.09. The maximum absolute atomic E-state index is 5.63. The summed E-state index contributed by atoms with van der Waals surface area (Å²) in [5, 5.41) is 6.79. The number of ether oxygens (including phenoxy) is 1. The van der Waals surface area contributed by atoms with Gasteiger partial charge in [-0.15, -0.1) is 5.10 Å². The summed E-state index contributed by atoms with van der Waals surface area (Å²) in [4.78, 5) is 4.07. The van der Waals surface area contributed by atoms with Crippen LogP contribution in [0.1, 0.15) is 32.5 Å². The third kappa shape index (κ3) is 1.84. The summed E-state index contributed by atoms with van der Waals surface area (Å²) in [6.07, 6.45) is 1.68. The van der Waals surface area contributed by atoms with Gasteiger partial charge in [-0.3, -0.25) is 5.10 Å². The van der Waals surface area contributed by atoms with E-state index in [1.54, 1.807) is 7.11 Å². The zero-order valence-corrected chi connectivity index (χ0v) is 8.85. The normalized spacial score (nSPS) is 12.0. The Bertz CT molecular complexity index is 262. The van der Waals surface area contributed by atoms with Crippen molar-refractivity contribution in [1.82, 2.24) is 15.2 Å². The van der Waals surface area contributed by atoms with Crippen LogP contribution in [-0.4, -0.2) is 22.3 Å². The van der Waals surface area contributed by atoms with E-state index in [9.17, 15) is 0 Å². The van der Waals surface area contributed by atoms with E-state index in [0.29, 0.717) is 5.82 Å². The van der Waals surface area contributed by atoms with Crippen LogP contribution in [0, 0.1) is 0 Å². The van der Waals surface area contributed by atoms with E-state index in [2.05, 4.69) is 15.2 Å². The number of aromatic nitrogens is 3. The van der Waals surface area contributed by atoms with Gasteiger partial charge >= 0.3 is 0 Å². The third-order valence-corrected chi connectivity index (χ3v) is 2.59. The highest BCUT2D eigenvalue weighted by Crippen LogP contribution is 2.29. The highest BCUT2D eigenvalue weighted by atomic mass is 35.5. The second-order valence-electron chi connectivity index (χ2n) is 2.86. The molecule has 0 amide bonds. The van der Waals surface area contributed by atoms with Crippen molar-refractivity contribution in [3.05, 3.63) is 11.1 Å². The molecule has 1 aromatic heterocycles. The second kappa shape index (κ2) is 4.07. The van der Waals surface area contributed by atoms with Crippen molar-refractivity contribution in [2.24, 2.45) is 0 Å². The van der Waals surface area contributed by atoms with Gasteiger partial charge in [0.25, 0.3) is 0 Å². The number of rotatable bonds is 4. The molecule has 0 fully saturated rings. The molecule has 0 unspecified atom stereocenters. The molecule has 0 atom stereocenters. The molecule has 0 saturated heterocycles. The van der Waals surface area contributed by atoms with Gasteiger partial charge in [-0.2, -0.15) is 4.98 Å². The number of aromatic amines is 1. The van der Waals surface area contributed by atoms with Gasteiger partial charge in [-0.05, 0) is 24.4 Å². The summed E-state index contributed by atoms with van der Waals surface area (Å²) < 4.78 is 5.44. The number of H-pyrrole nitrogens is 1. The van der Waals surface area contributed by atoms with Crippen LogP contribution in [-0.2, 0) is 10.3 Å². The molecule has 0 saturated carbocycles. The molecule has 74 valence electrons. The molecule has 0 aliphatic heterocycles. The number of nitrogens with one attached hydrogen (secondary N) is 1. The van der Waals surface area contributed by atoms with E-state index in [1.807, 2.05) is 13.8 Å². The van der Waals surface area contributed by atoms with Crippen molar-refractivity contribution in [3.63, 3.8) is 0 Å². The Kier molecular flexibility index (Phi) is 3.27. The minimum absolute atomic E-state index is 0.235. The first-order valence-corrected chi connectivity index (χ1v) is 4.70. The predicted octanol–water partition coefficient (Wildman–Crippen LogP) is 2.12. The van der Waals surface area contributed by atoms with Crippen LogP contribution in [0.3, 0.4) is 0 Å². The molecule has 0 radical (unpaired) electrons. The van der Waals surface area contributed by atoms with Crippen molar-refractivity contribution >= 4 is 11.6 Å². The molecule has 0 bridgehead atoms. The minimum Gasteiger partial charge on any atom is -0.370 e. The molecule has 0 aromatic carbocycles. The summed E-state index contributed by atoms with van der Waals surface area (Å²) in [6, 6.07) is 0. The average Bonchev–Trinajstić information content (AvgIpc) is 2.57. The lowest BCUT2D eigenvalue weighted by Crippen LogP contribution is -2.28. The first-order chi connectivity index (χ1) is 6.18. The van der Waals surface area contributed by atoms with Gasteiger partial charge in [0.05, 0.1) is 0 Å². The highest BCUT2D eigenvalue weighted by molar-refractivity contribution is 6.28. The fourth-order valence-electron chi connectivity index (χ4n) is 1.42. The molecule has 5 heteroatoms. The quantitative estimate of drug-likeness (QED) is 0.816. The first-order valence-electron chi connectivity index (χ1n) is 4.32. The summed E-state index contributed by atoms with van der Waals surface area (Å²) >= 11 is 5.63. The second-order valence-corrected chi connectivity index (χ2v) is 3.20. The Morgan fingerprint density at radius 1 is 1.46 bits per heavy atom. The van der Waals surface area contributed by atoms with Gasteiger partial charge in [0, 0.05) is 7.11 Å². The van der Waals surface area contributed by atoms with Gasteiger partial charge in [0.2, 0.25) is 5.28 Å². The largest absolute Gasteiger partial charge is 0.370 e. The van der Waals surface area contributed by atoms with Crippen LogP contribution >= 0.6 is 11.6 Å². The van der Waals surface area contributed by atoms with Crippen molar-refractivity contribution in [2.75, 3.05) is 7.11 Å². The maximum Gasteiger partial charge on any atom is 0.242 e. The van der Waals surface area contributed by atoms with E-state index in [0.717, 1.165) is 12.8 Å². The summed E-state index contributed by atoms with van der Waals surface area (Å²) in [6.45, 7) is 4.09. The van der Waals surface area contributed by atoms with Gasteiger partial charge in [-0.25, -0.2) is 0 Å². The topological polar surface area (TPSA) is 50.8 Å². The molecule has 1 heterocycles. The fraction of sp³-hybridized carbons (Fsp3) is 0.750. The van der Waals surface area contributed by atoms with Crippen molar-refractivity contribution < 1.29 is 4.74 Å². The highest BCUT2D eigenvalue weighted by Gasteiger charge is 2.31. The minimum atomic E-state index is -0.375. The van der Waals surface area contributed by atoms with E-state index in [-0.39, 0.29) is 10.9 Å². The monoisotopic (exact) mass is 203 g/mol. The standard InChI is InChI=1S/C8H14ClN3O/c1-4-8(5-2,13-3)6-10-7(9)12-11-6/h4-5H2,1-3H3,(H,10,11,12). The van der Waals surface area contributed by atoms with E-state index < -0.39 is 0 Å². The summed E-state index contributed by atoms with van der Waals surface area (Å²) in [5.41, 5.74) is -0.375. The van der Waals surface area contributed by atoms with E-state index >= 15 is 0 Å². The predicted molar refractivity (Wildman–Crippen MR) is 50.7 cm³/mol. The molecular weight excluding hydrogens is 190 g/mol. The number of nitrogens with zero attached hydrogens (tertiary/aromatic N) is 2. The Labute approximate surface area is 82.7 Å². The summed E-state index contributed by atoms with van der Waals surface area (Å²) in [7, 11) is 1.67. The van der Waals surface area contributed by atoms with Crippen LogP contribution in [0.4, 0.5) is 0 Å². The molecule has 0 spiro atoms. The van der Waals surface area contributed by atoms with Gasteiger partial charge < -0.3 is 4.74 Å². The molecule has 13 heavy (non-hydrogen) atoms. The smallest absolute Gasteiger partial charge is 0.242 e. The van der Waals surface area contributed by atoms with Crippen LogP contribution in [0.5, 0.6) is 0 Å². The van der Waals surface area contributed by atoms with Gasteiger partial charge in [0.15, 0.2) is 5.82 Å². The molecule has 1 N–H and O–H groups in total. The Hall–Kier alpha value is -0.610. The lowest BCUT2D eigenvalue weighted by molar-refractivity contribution is -0.0288. The van der Waals surface area contributed by atoms with E-state index in [4.69, 9.17) is 16.3 Å². The Balaban J connectivity index is 3.00. The SMILES string of the molecule is CCC(CC)(OC)c1nc(Cl)n[nH]1. The number of methoxy groups -OCH3 is 1. The number of halogens is 1. The third-order valence-electron chi connectivity index (χ3n) is 2.42. The summed E-state index contributed by atoms with van der Waals surface area (Å²) in [5.74, 6) is 0.699. The van der Waals surface area contributed by atoms with Crippen LogP contribution in [0.2, 0.25) is 5.28 Å². The van der Waals surface area contributed by atoms with Crippen molar-refractivity contribution in [1.29, 1.82) is 0 Å². The lowest BCUT2D eigenvalue weighted by Gasteiger charge is -2.26. The van der Waals surface area contributed by atoms with Gasteiger partial charge in [-0.1, -0.05) is 13.8 Å². The van der Waals surface area contributed by atoms with Gasteiger partial charge in [0.1, 0.15) is 5.60 Å². The van der Waals surface area contributed by atoms with Crippen LogP contribution < -0.4 is 0 Å².